The van der Waals surface area contributed by atoms with Gasteiger partial charge in [-0.2, -0.15) is 4.99 Å². The first-order valence-corrected chi connectivity index (χ1v) is 7.81. The molecule has 5 heteroatoms. The Balaban J connectivity index is 2.09. The van der Waals surface area contributed by atoms with Crippen LogP contribution in [0.1, 0.15) is 32.8 Å². The van der Waals surface area contributed by atoms with Gasteiger partial charge in [-0.3, -0.25) is 4.79 Å². The number of aliphatic hydroxyl groups excluding tert-OH is 1. The molecule has 1 fully saturated rings. The lowest BCUT2D eigenvalue weighted by molar-refractivity contribution is -0.120. The molecule has 1 aliphatic rings. The molecular weight excluding hydrogens is 290 g/mol. The first kappa shape index (κ1) is 17.1. The minimum absolute atomic E-state index is 0.0400. The molecule has 0 unspecified atom stereocenters. The second-order valence-electron chi connectivity index (χ2n) is 6.99. The Kier molecular flexibility index (Phi) is 4.78. The van der Waals surface area contributed by atoms with E-state index in [1.165, 1.54) is 11.6 Å². The molecule has 1 aliphatic heterocycles. The van der Waals surface area contributed by atoms with Crippen molar-refractivity contribution in [1.82, 2.24) is 0 Å². The molecule has 1 atom stereocenters. The Bertz CT molecular complexity index is 639. The number of benzene rings is 1. The summed E-state index contributed by atoms with van der Waals surface area (Å²) in [6.45, 7) is 8.44. The molecule has 1 aromatic carbocycles. The van der Waals surface area contributed by atoms with E-state index in [4.69, 9.17) is 5.73 Å². The molecule has 0 aliphatic carbocycles. The van der Waals surface area contributed by atoms with E-state index in [0.29, 0.717) is 0 Å². The van der Waals surface area contributed by atoms with Gasteiger partial charge < -0.3 is 15.7 Å². The second-order valence-corrected chi connectivity index (χ2v) is 6.99. The average molecular weight is 315 g/mol. The van der Waals surface area contributed by atoms with Crippen LogP contribution in [-0.2, 0) is 4.79 Å². The molecular formula is C18H25N3O2. The second kappa shape index (κ2) is 6.44. The first-order chi connectivity index (χ1) is 10.7. The van der Waals surface area contributed by atoms with Gasteiger partial charge in [0.2, 0.25) is 0 Å². The van der Waals surface area contributed by atoms with Crippen LogP contribution < -0.4 is 10.6 Å². The molecule has 0 aromatic heterocycles. The van der Waals surface area contributed by atoms with Gasteiger partial charge in [-0.05, 0) is 25.5 Å². The average Bonchev–Trinajstić information content (AvgIpc) is 2.38. The van der Waals surface area contributed by atoms with Crippen LogP contribution in [0.5, 0.6) is 0 Å². The lowest BCUT2D eigenvalue weighted by atomic mass is 9.93. The van der Waals surface area contributed by atoms with Crippen LogP contribution in [0.2, 0.25) is 0 Å². The van der Waals surface area contributed by atoms with Gasteiger partial charge in [0.1, 0.15) is 17.6 Å². The van der Waals surface area contributed by atoms with E-state index in [-0.39, 0.29) is 23.5 Å². The van der Waals surface area contributed by atoms with Gasteiger partial charge in [-0.1, -0.05) is 38.5 Å². The van der Waals surface area contributed by atoms with Crippen LogP contribution in [-0.4, -0.2) is 29.4 Å². The standard InChI is InChI=1S/C18H25N3O2/c1-12-5-7-13(8-6-12)21-10-9-14(21)17(23)20-16(19)11-15(22)18(2,3)4/h5-8,11,14,22H,9-10H2,1-4H3,(H2,19,20,23)/b15-11-/t14-/m0/s1. The summed E-state index contributed by atoms with van der Waals surface area (Å²) >= 11 is 0. The van der Waals surface area contributed by atoms with E-state index in [9.17, 15) is 9.90 Å². The molecule has 3 N–H and O–H groups in total. The molecule has 23 heavy (non-hydrogen) atoms. The third kappa shape index (κ3) is 4.12. The highest BCUT2D eigenvalue weighted by Crippen LogP contribution is 2.27. The van der Waals surface area contributed by atoms with Crippen molar-refractivity contribution < 1.29 is 9.90 Å². The number of aliphatic hydroxyl groups is 1. The van der Waals surface area contributed by atoms with Crippen LogP contribution in [0.3, 0.4) is 0 Å². The highest BCUT2D eigenvalue weighted by atomic mass is 16.3. The molecule has 0 spiro atoms. The summed E-state index contributed by atoms with van der Waals surface area (Å²) in [4.78, 5) is 18.2. The maximum Gasteiger partial charge on any atom is 0.270 e. The number of aliphatic imine (C=N–C) groups is 1. The number of carbonyl (C=O) groups is 1. The lowest BCUT2D eigenvalue weighted by Crippen LogP contribution is -2.52. The molecule has 124 valence electrons. The van der Waals surface area contributed by atoms with Crippen molar-refractivity contribution in [2.75, 3.05) is 11.4 Å². The van der Waals surface area contributed by atoms with Crippen molar-refractivity contribution in [3.05, 3.63) is 41.7 Å². The van der Waals surface area contributed by atoms with E-state index < -0.39 is 5.41 Å². The van der Waals surface area contributed by atoms with Crippen molar-refractivity contribution in [2.45, 2.75) is 40.2 Å². The quantitative estimate of drug-likeness (QED) is 0.510. The number of allylic oxidation sites excluding steroid dienone is 1. The minimum Gasteiger partial charge on any atom is -0.512 e. The van der Waals surface area contributed by atoms with Gasteiger partial charge in [0.25, 0.3) is 5.91 Å². The number of hydrogen-bond donors (Lipinski definition) is 2. The van der Waals surface area contributed by atoms with Gasteiger partial charge >= 0.3 is 0 Å². The van der Waals surface area contributed by atoms with Crippen molar-refractivity contribution in [2.24, 2.45) is 16.1 Å². The maximum absolute atomic E-state index is 12.3. The fraction of sp³-hybridized carbons (Fsp3) is 0.444. The third-order valence-electron chi connectivity index (χ3n) is 3.96. The molecule has 1 saturated heterocycles. The Labute approximate surface area is 137 Å². The summed E-state index contributed by atoms with van der Waals surface area (Å²) in [5, 5.41) is 9.91. The minimum atomic E-state index is -0.423. The lowest BCUT2D eigenvalue weighted by Gasteiger charge is -2.40. The monoisotopic (exact) mass is 315 g/mol. The molecule has 5 nitrogen and oxygen atoms in total. The van der Waals surface area contributed by atoms with Crippen LogP contribution in [0.15, 0.2) is 41.1 Å². The number of nitrogens with zero attached hydrogens (tertiary/aromatic N) is 2. The van der Waals surface area contributed by atoms with E-state index >= 15 is 0 Å². The Hall–Kier alpha value is -2.30. The number of amides is 1. The number of rotatable bonds is 3. The Morgan fingerprint density at radius 1 is 1.35 bits per heavy atom. The van der Waals surface area contributed by atoms with Gasteiger partial charge in [0.15, 0.2) is 0 Å². The molecule has 1 aromatic rings. The summed E-state index contributed by atoms with van der Waals surface area (Å²) in [7, 11) is 0. The summed E-state index contributed by atoms with van der Waals surface area (Å²) in [5.41, 5.74) is 7.54. The highest BCUT2D eigenvalue weighted by Gasteiger charge is 2.34. The first-order valence-electron chi connectivity index (χ1n) is 7.81. The smallest absolute Gasteiger partial charge is 0.270 e. The fourth-order valence-electron chi connectivity index (χ4n) is 2.28. The molecule has 2 rings (SSSR count). The number of nitrogens with two attached hydrogens (primary N) is 1. The van der Waals surface area contributed by atoms with Gasteiger partial charge in [-0.15, -0.1) is 0 Å². The van der Waals surface area contributed by atoms with E-state index in [1.54, 1.807) is 0 Å². The third-order valence-corrected chi connectivity index (χ3v) is 3.96. The van der Waals surface area contributed by atoms with Crippen LogP contribution in [0.4, 0.5) is 5.69 Å². The Morgan fingerprint density at radius 2 is 1.96 bits per heavy atom. The zero-order valence-corrected chi connectivity index (χ0v) is 14.2. The molecule has 1 amide bonds. The van der Waals surface area contributed by atoms with Crippen LogP contribution in [0.25, 0.3) is 0 Å². The molecule has 0 bridgehead atoms. The summed E-state index contributed by atoms with van der Waals surface area (Å²) < 4.78 is 0. The zero-order chi connectivity index (χ0) is 17.2. The summed E-state index contributed by atoms with van der Waals surface area (Å²) in [6, 6.07) is 7.79. The number of hydrogen-bond acceptors (Lipinski definition) is 3. The van der Waals surface area contributed by atoms with Crippen molar-refractivity contribution in [1.29, 1.82) is 0 Å². The normalized spacial score (nSPS) is 19.5. The molecule has 0 saturated carbocycles. The predicted molar refractivity (Wildman–Crippen MR) is 93.7 cm³/mol. The molecule has 1 heterocycles. The number of anilines is 1. The largest absolute Gasteiger partial charge is 0.512 e. The maximum atomic E-state index is 12.3. The zero-order valence-electron chi connectivity index (χ0n) is 14.2. The SMILES string of the molecule is Cc1ccc(N2CC[C@H]2C(=O)N=C(N)/C=C(\O)C(C)(C)C)cc1. The van der Waals surface area contributed by atoms with Gasteiger partial charge in [0, 0.05) is 23.7 Å². The van der Waals surface area contributed by atoms with Gasteiger partial charge in [-0.25, -0.2) is 0 Å². The van der Waals surface area contributed by atoms with Crippen molar-refractivity contribution in [3.63, 3.8) is 0 Å². The molecule has 0 radical (unpaired) electrons. The van der Waals surface area contributed by atoms with E-state index in [1.807, 2.05) is 56.9 Å². The number of amidine groups is 1. The topological polar surface area (TPSA) is 78.9 Å². The van der Waals surface area contributed by atoms with Crippen LogP contribution in [0, 0.1) is 12.3 Å². The predicted octanol–water partition coefficient (Wildman–Crippen LogP) is 2.95. The van der Waals surface area contributed by atoms with E-state index in [0.717, 1.165) is 18.7 Å². The van der Waals surface area contributed by atoms with Crippen molar-refractivity contribution >= 4 is 17.4 Å². The summed E-state index contributed by atoms with van der Waals surface area (Å²) in [5.74, 6) is -0.124. The number of aryl methyl sites for hydroxylation is 1. The van der Waals surface area contributed by atoms with E-state index in [2.05, 4.69) is 4.99 Å². The highest BCUT2D eigenvalue weighted by molar-refractivity contribution is 6.03. The van der Waals surface area contributed by atoms with Gasteiger partial charge in [0.05, 0.1) is 0 Å². The fourth-order valence-corrected chi connectivity index (χ4v) is 2.28. The van der Waals surface area contributed by atoms with Crippen LogP contribution >= 0.6 is 0 Å². The van der Waals surface area contributed by atoms with Crippen molar-refractivity contribution in [3.8, 4) is 0 Å². The Morgan fingerprint density at radius 3 is 2.43 bits per heavy atom. The summed E-state index contributed by atoms with van der Waals surface area (Å²) in [6.07, 6.45) is 2.12. The number of carbonyl (C=O) groups excluding carboxylic acids is 1.